The van der Waals surface area contributed by atoms with Crippen LogP contribution in [-0.4, -0.2) is 8.42 Å². The topological polar surface area (TPSA) is 60.2 Å². The van der Waals surface area contributed by atoms with Crippen LogP contribution in [0.4, 0.5) is 5.69 Å². The summed E-state index contributed by atoms with van der Waals surface area (Å²) in [5.41, 5.74) is 6.16. The van der Waals surface area contributed by atoms with Gasteiger partial charge < -0.3 is 5.73 Å². The minimum Gasteiger partial charge on any atom is -0.398 e. The van der Waals surface area contributed by atoms with E-state index in [1.54, 1.807) is 18.2 Å². The first-order valence-corrected chi connectivity index (χ1v) is 8.30. The Bertz CT molecular complexity index is 740. The van der Waals surface area contributed by atoms with Crippen molar-refractivity contribution in [3.05, 3.63) is 57.0 Å². The molecule has 2 rings (SSSR count). The van der Waals surface area contributed by atoms with E-state index in [4.69, 9.17) is 40.5 Å². The molecule has 0 amide bonds. The first-order valence-electron chi connectivity index (χ1n) is 5.52. The second kappa shape index (κ2) is 5.82. The number of rotatable bonds is 3. The molecule has 0 aliphatic rings. The average Bonchev–Trinajstić information content (AvgIpc) is 2.33. The summed E-state index contributed by atoms with van der Waals surface area (Å²) in [6, 6.07) is 9.06. The Kier molecular flexibility index (Phi) is 4.49. The molecule has 2 N–H and O–H groups in total. The Labute approximate surface area is 132 Å². The van der Waals surface area contributed by atoms with Gasteiger partial charge in [0.25, 0.3) is 0 Å². The lowest BCUT2D eigenvalue weighted by molar-refractivity contribution is 0.595. The van der Waals surface area contributed by atoms with Gasteiger partial charge in [0.2, 0.25) is 0 Å². The summed E-state index contributed by atoms with van der Waals surface area (Å²) in [6.45, 7) is 0. The monoisotopic (exact) mass is 349 g/mol. The lowest BCUT2D eigenvalue weighted by atomic mass is 10.2. The second-order valence-corrected chi connectivity index (χ2v) is 7.35. The smallest absolute Gasteiger partial charge is 0.184 e. The molecule has 106 valence electrons. The zero-order valence-electron chi connectivity index (χ0n) is 10.1. The number of nitrogen functional groups attached to an aromatic ring is 1. The molecule has 7 heteroatoms. The maximum atomic E-state index is 12.4. The van der Waals surface area contributed by atoms with Crippen LogP contribution in [0.2, 0.25) is 15.1 Å². The highest BCUT2D eigenvalue weighted by Gasteiger charge is 2.21. The van der Waals surface area contributed by atoms with Crippen LogP contribution in [0.5, 0.6) is 0 Å². The van der Waals surface area contributed by atoms with Gasteiger partial charge in [-0.1, -0.05) is 40.9 Å². The summed E-state index contributed by atoms with van der Waals surface area (Å²) in [6.07, 6.45) is 0. The Hall–Kier alpha value is -0.940. The molecule has 20 heavy (non-hydrogen) atoms. The van der Waals surface area contributed by atoms with Gasteiger partial charge in [0.15, 0.2) is 9.84 Å². The summed E-state index contributed by atoms with van der Waals surface area (Å²) in [5.74, 6) is -0.322. The maximum absolute atomic E-state index is 12.4. The van der Waals surface area contributed by atoms with Crippen molar-refractivity contribution in [2.24, 2.45) is 0 Å². The summed E-state index contributed by atoms with van der Waals surface area (Å²) >= 11 is 17.7. The van der Waals surface area contributed by atoms with Crippen molar-refractivity contribution in [3.63, 3.8) is 0 Å². The van der Waals surface area contributed by atoms with Gasteiger partial charge in [0, 0.05) is 20.6 Å². The molecule has 0 saturated carbocycles. The number of anilines is 1. The van der Waals surface area contributed by atoms with E-state index in [9.17, 15) is 8.42 Å². The molecule has 0 aliphatic heterocycles. The van der Waals surface area contributed by atoms with Gasteiger partial charge in [-0.2, -0.15) is 0 Å². The van der Waals surface area contributed by atoms with Gasteiger partial charge >= 0.3 is 0 Å². The molecule has 0 bridgehead atoms. The molecule has 0 atom stereocenters. The van der Waals surface area contributed by atoms with E-state index in [0.29, 0.717) is 20.6 Å². The van der Waals surface area contributed by atoms with Gasteiger partial charge in [-0.15, -0.1) is 0 Å². The fourth-order valence-corrected chi connectivity index (χ4v) is 4.15. The first kappa shape index (κ1) is 15.4. The number of nitrogens with two attached hydrogens (primary N) is 1. The molecule has 0 spiro atoms. The highest BCUT2D eigenvalue weighted by Crippen LogP contribution is 2.31. The molecular weight excluding hydrogens is 341 g/mol. The van der Waals surface area contributed by atoms with E-state index in [1.165, 1.54) is 18.2 Å². The van der Waals surface area contributed by atoms with Gasteiger partial charge in [0.05, 0.1) is 16.3 Å². The van der Waals surface area contributed by atoms with Crippen LogP contribution in [0.1, 0.15) is 5.56 Å². The fraction of sp³-hybridized carbons (Fsp3) is 0.0769. The molecule has 0 heterocycles. The van der Waals surface area contributed by atoms with Crippen LogP contribution in [0.25, 0.3) is 0 Å². The van der Waals surface area contributed by atoms with Crippen LogP contribution in [0, 0.1) is 0 Å². The Morgan fingerprint density at radius 1 is 1.00 bits per heavy atom. The standard InChI is InChI=1S/C13H10Cl3NO2S/c14-8-4-5-13(12(17)6-8)20(18,19)7-9-10(15)2-1-3-11(9)16/h1-6H,7,17H2. The SMILES string of the molecule is Nc1cc(Cl)ccc1S(=O)(=O)Cc1c(Cl)cccc1Cl. The van der Waals surface area contributed by atoms with Crippen molar-refractivity contribution in [3.8, 4) is 0 Å². The lowest BCUT2D eigenvalue weighted by Gasteiger charge is -2.10. The molecule has 0 aliphatic carbocycles. The highest BCUT2D eigenvalue weighted by molar-refractivity contribution is 7.90. The fourth-order valence-electron chi connectivity index (χ4n) is 1.74. The van der Waals surface area contributed by atoms with Crippen LogP contribution in [0.15, 0.2) is 41.3 Å². The van der Waals surface area contributed by atoms with E-state index in [-0.39, 0.29) is 16.3 Å². The van der Waals surface area contributed by atoms with E-state index in [0.717, 1.165) is 0 Å². The third-order valence-electron chi connectivity index (χ3n) is 2.70. The molecular formula is C13H10Cl3NO2S. The first-order chi connectivity index (χ1) is 9.31. The molecule has 3 nitrogen and oxygen atoms in total. The van der Waals surface area contributed by atoms with Crippen molar-refractivity contribution in [1.82, 2.24) is 0 Å². The molecule has 0 radical (unpaired) electrons. The minimum atomic E-state index is -3.66. The Balaban J connectivity index is 2.46. The maximum Gasteiger partial charge on any atom is 0.184 e. The Morgan fingerprint density at radius 3 is 2.15 bits per heavy atom. The van der Waals surface area contributed by atoms with Crippen molar-refractivity contribution in [2.75, 3.05) is 5.73 Å². The van der Waals surface area contributed by atoms with Crippen molar-refractivity contribution < 1.29 is 8.42 Å². The predicted molar refractivity (Wildman–Crippen MR) is 83.2 cm³/mol. The van der Waals surface area contributed by atoms with Gasteiger partial charge in [-0.3, -0.25) is 0 Å². The van der Waals surface area contributed by atoms with E-state index in [1.807, 2.05) is 0 Å². The molecule has 0 unspecified atom stereocenters. The zero-order chi connectivity index (χ0) is 14.9. The predicted octanol–water partition coefficient (Wildman–Crippen LogP) is 4.20. The molecule has 2 aromatic carbocycles. The Morgan fingerprint density at radius 2 is 1.60 bits per heavy atom. The molecule has 2 aromatic rings. The van der Waals surface area contributed by atoms with Crippen LogP contribution >= 0.6 is 34.8 Å². The number of hydrogen-bond donors (Lipinski definition) is 1. The third-order valence-corrected chi connectivity index (χ3v) is 5.36. The number of hydrogen-bond acceptors (Lipinski definition) is 3. The molecule has 0 aromatic heterocycles. The minimum absolute atomic E-state index is 0.0119. The summed E-state index contributed by atoms with van der Waals surface area (Å²) in [5, 5.41) is 0.972. The summed E-state index contributed by atoms with van der Waals surface area (Å²) in [7, 11) is -3.66. The summed E-state index contributed by atoms with van der Waals surface area (Å²) in [4.78, 5) is 0.0119. The van der Waals surface area contributed by atoms with Crippen molar-refractivity contribution >= 4 is 50.3 Å². The quantitative estimate of drug-likeness (QED) is 0.844. The van der Waals surface area contributed by atoms with Crippen LogP contribution in [-0.2, 0) is 15.6 Å². The van der Waals surface area contributed by atoms with Gasteiger partial charge in [-0.05, 0) is 30.3 Å². The van der Waals surface area contributed by atoms with Crippen molar-refractivity contribution in [2.45, 2.75) is 10.6 Å². The normalized spacial score (nSPS) is 11.6. The number of sulfone groups is 1. The molecule has 0 saturated heterocycles. The van der Waals surface area contributed by atoms with E-state index < -0.39 is 9.84 Å². The van der Waals surface area contributed by atoms with E-state index >= 15 is 0 Å². The summed E-state index contributed by atoms with van der Waals surface area (Å²) < 4.78 is 24.8. The van der Waals surface area contributed by atoms with Crippen molar-refractivity contribution in [1.29, 1.82) is 0 Å². The van der Waals surface area contributed by atoms with Gasteiger partial charge in [0.1, 0.15) is 0 Å². The van der Waals surface area contributed by atoms with Crippen LogP contribution in [0.3, 0.4) is 0 Å². The second-order valence-electron chi connectivity index (χ2n) is 4.14. The lowest BCUT2D eigenvalue weighted by Crippen LogP contribution is -2.08. The van der Waals surface area contributed by atoms with Crippen LogP contribution < -0.4 is 5.73 Å². The number of benzene rings is 2. The highest BCUT2D eigenvalue weighted by atomic mass is 35.5. The van der Waals surface area contributed by atoms with Gasteiger partial charge in [-0.25, -0.2) is 8.42 Å². The molecule has 0 fully saturated rings. The largest absolute Gasteiger partial charge is 0.398 e. The van der Waals surface area contributed by atoms with E-state index in [2.05, 4.69) is 0 Å². The average molecular weight is 351 g/mol. The third kappa shape index (κ3) is 3.20. The zero-order valence-corrected chi connectivity index (χ0v) is 13.2. The number of halogens is 3.